The maximum Gasteiger partial charge on any atom is 0.351 e. The van der Waals surface area contributed by atoms with Gasteiger partial charge in [-0.05, 0) is 56.3 Å². The van der Waals surface area contributed by atoms with Gasteiger partial charge in [-0.25, -0.2) is 14.2 Å². The van der Waals surface area contributed by atoms with Crippen LogP contribution in [0.3, 0.4) is 0 Å². The molecule has 3 aliphatic heterocycles. The van der Waals surface area contributed by atoms with Crippen LogP contribution in [0.1, 0.15) is 18.5 Å². The van der Waals surface area contributed by atoms with E-state index in [0.717, 1.165) is 43.9 Å². The summed E-state index contributed by atoms with van der Waals surface area (Å²) in [4.78, 5) is 34.3. The van der Waals surface area contributed by atoms with E-state index in [9.17, 15) is 14.0 Å². The molecule has 34 heavy (non-hydrogen) atoms. The molecule has 9 nitrogen and oxygen atoms in total. The molecule has 180 valence electrons. The Kier molecular flexibility index (Phi) is 6.34. The molecule has 1 aromatic heterocycles. The van der Waals surface area contributed by atoms with Crippen molar-refractivity contribution in [2.24, 2.45) is 0 Å². The first-order valence-corrected chi connectivity index (χ1v) is 11.6. The van der Waals surface area contributed by atoms with Crippen LogP contribution in [0.2, 0.25) is 0 Å². The van der Waals surface area contributed by atoms with E-state index in [0.29, 0.717) is 37.1 Å². The molecule has 0 unspecified atom stereocenters. The minimum Gasteiger partial charge on any atom is -0.476 e. The summed E-state index contributed by atoms with van der Waals surface area (Å²) in [6.45, 7) is 3.91. The van der Waals surface area contributed by atoms with Gasteiger partial charge in [-0.3, -0.25) is 4.79 Å². The highest BCUT2D eigenvalue weighted by atomic mass is 19.1. The summed E-state index contributed by atoms with van der Waals surface area (Å²) in [6.07, 6.45) is 1.95. The van der Waals surface area contributed by atoms with Crippen molar-refractivity contribution in [1.82, 2.24) is 15.2 Å². The van der Waals surface area contributed by atoms with Gasteiger partial charge in [0.2, 0.25) is 5.91 Å². The van der Waals surface area contributed by atoms with Crippen LogP contribution in [0, 0.1) is 5.82 Å². The average molecular weight is 470 g/mol. The molecule has 2 aromatic rings. The van der Waals surface area contributed by atoms with Gasteiger partial charge in [0, 0.05) is 32.7 Å². The van der Waals surface area contributed by atoms with E-state index in [-0.39, 0.29) is 24.2 Å². The topological polar surface area (TPSA) is 87.2 Å². The number of ether oxygens (including phenoxy) is 2. The van der Waals surface area contributed by atoms with Crippen LogP contribution in [0.25, 0.3) is 0 Å². The Balaban J connectivity index is 1.10. The largest absolute Gasteiger partial charge is 0.476 e. The number of carbonyl (C=O) groups is 2. The summed E-state index contributed by atoms with van der Waals surface area (Å²) in [7, 11) is 1.85. The van der Waals surface area contributed by atoms with Crippen molar-refractivity contribution in [3.8, 4) is 11.6 Å². The molecule has 10 heteroatoms. The molecule has 4 heterocycles. The van der Waals surface area contributed by atoms with Crippen molar-refractivity contribution < 1.29 is 23.5 Å². The zero-order valence-electron chi connectivity index (χ0n) is 19.1. The zero-order valence-corrected chi connectivity index (χ0v) is 19.1. The number of fused-ring (bicyclic) bond motifs is 2. The van der Waals surface area contributed by atoms with Gasteiger partial charge in [-0.2, -0.15) is 0 Å². The number of hydrogen-bond acceptors (Lipinski definition) is 8. The monoisotopic (exact) mass is 469 g/mol. The van der Waals surface area contributed by atoms with E-state index in [1.807, 2.05) is 18.0 Å². The van der Waals surface area contributed by atoms with Crippen LogP contribution in [0.15, 0.2) is 30.3 Å². The lowest BCUT2D eigenvalue weighted by atomic mass is 10.0. The molecule has 0 spiro atoms. The molecule has 0 aliphatic carbocycles. The van der Waals surface area contributed by atoms with Crippen LogP contribution in [0.5, 0.6) is 11.6 Å². The molecule has 0 saturated carbocycles. The van der Waals surface area contributed by atoms with Crippen LogP contribution in [-0.2, 0) is 16.1 Å². The second kappa shape index (κ2) is 9.55. The zero-order chi connectivity index (χ0) is 23.7. The number of piperidine rings is 1. The van der Waals surface area contributed by atoms with Gasteiger partial charge >= 0.3 is 5.97 Å². The predicted molar refractivity (Wildman–Crippen MR) is 124 cm³/mol. The predicted octanol–water partition coefficient (Wildman–Crippen LogP) is 1.56. The molecule has 1 aromatic carbocycles. The third-order valence-corrected chi connectivity index (χ3v) is 6.55. The van der Waals surface area contributed by atoms with E-state index in [4.69, 9.17) is 9.47 Å². The number of likely N-dealkylation sites (tertiary alicyclic amines) is 1. The fourth-order valence-electron chi connectivity index (χ4n) is 4.66. The van der Waals surface area contributed by atoms with Gasteiger partial charge in [0.15, 0.2) is 12.4 Å². The van der Waals surface area contributed by atoms with E-state index < -0.39 is 5.97 Å². The minimum absolute atomic E-state index is 0.00854. The highest BCUT2D eigenvalue weighted by Gasteiger charge is 2.29. The Hall–Kier alpha value is -3.24. The summed E-state index contributed by atoms with van der Waals surface area (Å²) in [5.41, 5.74) is 2.31. The van der Waals surface area contributed by atoms with Gasteiger partial charge in [-0.15, -0.1) is 0 Å². The fourth-order valence-corrected chi connectivity index (χ4v) is 4.66. The van der Waals surface area contributed by atoms with E-state index in [2.05, 4.69) is 15.2 Å². The number of nitrogens with one attached hydrogen (secondary N) is 1. The fraction of sp³-hybridized carbons (Fsp3) is 0.458. The van der Waals surface area contributed by atoms with E-state index in [1.165, 1.54) is 12.1 Å². The van der Waals surface area contributed by atoms with Gasteiger partial charge in [0.05, 0.1) is 23.6 Å². The lowest BCUT2D eigenvalue weighted by molar-refractivity contribution is -0.139. The van der Waals surface area contributed by atoms with E-state index in [1.54, 1.807) is 17.0 Å². The second-order valence-electron chi connectivity index (χ2n) is 8.90. The average Bonchev–Trinajstić information content (AvgIpc) is 2.83. The highest BCUT2D eigenvalue weighted by molar-refractivity contribution is 6.03. The molecule has 0 radical (unpaired) electrons. The van der Waals surface area contributed by atoms with Crippen molar-refractivity contribution in [1.29, 1.82) is 0 Å². The van der Waals surface area contributed by atoms with Crippen molar-refractivity contribution in [3.63, 3.8) is 0 Å². The number of esters is 1. The van der Waals surface area contributed by atoms with Crippen molar-refractivity contribution in [2.45, 2.75) is 25.4 Å². The lowest BCUT2D eigenvalue weighted by Crippen LogP contribution is -2.49. The molecule has 1 fully saturated rings. The van der Waals surface area contributed by atoms with E-state index >= 15 is 0 Å². The molecular weight excluding hydrogens is 441 g/mol. The maximum atomic E-state index is 13.8. The molecular formula is C24H28FN5O4. The van der Waals surface area contributed by atoms with Crippen LogP contribution >= 0.6 is 0 Å². The number of aromatic nitrogens is 1. The van der Waals surface area contributed by atoms with Crippen LogP contribution in [0.4, 0.5) is 15.8 Å². The minimum atomic E-state index is -0.440. The Labute approximate surface area is 197 Å². The first kappa shape index (κ1) is 22.5. The number of nitrogens with zero attached hydrogens (tertiary/aromatic N) is 4. The first-order valence-electron chi connectivity index (χ1n) is 11.6. The molecule has 3 aliphatic rings. The standard InChI is InChI=1S/C24H28FN5O4/c1-28-14-22(31)30(20-12-16(25)2-4-19(20)28)11-10-29-8-6-17(7-9-29)26-13-18-3-5-21-24(27-18)34-23(32)15-33-21/h2-5,12,17,26H,6-11,13-15H2,1H3. The Morgan fingerprint density at radius 1 is 1.12 bits per heavy atom. The number of halogens is 1. The summed E-state index contributed by atoms with van der Waals surface area (Å²) >= 11 is 0. The maximum absolute atomic E-state index is 13.8. The molecule has 0 atom stereocenters. The lowest BCUT2D eigenvalue weighted by Gasteiger charge is -2.38. The third kappa shape index (κ3) is 4.83. The SMILES string of the molecule is CN1CC(=O)N(CCN2CCC(NCc3ccc4c(n3)OC(=O)CO4)CC2)c2cc(F)ccc21. The van der Waals surface area contributed by atoms with Gasteiger partial charge < -0.3 is 29.5 Å². The van der Waals surface area contributed by atoms with Crippen molar-refractivity contribution in [2.75, 3.05) is 56.2 Å². The normalized spacial score (nSPS) is 18.9. The van der Waals surface area contributed by atoms with Crippen LogP contribution in [-0.4, -0.2) is 74.2 Å². The quantitative estimate of drug-likeness (QED) is 0.638. The molecule has 1 amide bonds. The number of rotatable bonds is 6. The summed E-state index contributed by atoms with van der Waals surface area (Å²) in [5, 5.41) is 3.53. The van der Waals surface area contributed by atoms with Gasteiger partial charge in [0.1, 0.15) is 5.82 Å². The molecule has 0 bridgehead atoms. The van der Waals surface area contributed by atoms with Gasteiger partial charge in [-0.1, -0.05) is 0 Å². The number of carbonyl (C=O) groups excluding carboxylic acids is 2. The van der Waals surface area contributed by atoms with Crippen LogP contribution < -0.4 is 24.6 Å². The smallest absolute Gasteiger partial charge is 0.351 e. The summed E-state index contributed by atoms with van der Waals surface area (Å²) in [6, 6.07) is 8.61. The summed E-state index contributed by atoms with van der Waals surface area (Å²) < 4.78 is 24.3. The number of anilines is 2. The Bertz CT molecular complexity index is 1090. The Morgan fingerprint density at radius 2 is 1.94 bits per heavy atom. The first-order chi connectivity index (χ1) is 16.5. The molecule has 1 saturated heterocycles. The third-order valence-electron chi connectivity index (χ3n) is 6.55. The Morgan fingerprint density at radius 3 is 2.76 bits per heavy atom. The second-order valence-corrected chi connectivity index (χ2v) is 8.90. The van der Waals surface area contributed by atoms with Gasteiger partial charge in [0.25, 0.3) is 5.88 Å². The molecule has 1 N–H and O–H groups in total. The highest BCUT2D eigenvalue weighted by Crippen LogP contribution is 2.33. The van der Waals surface area contributed by atoms with Crippen molar-refractivity contribution >= 4 is 23.3 Å². The summed E-state index contributed by atoms with van der Waals surface area (Å²) in [5.74, 6) is -0.0702. The van der Waals surface area contributed by atoms with Crippen molar-refractivity contribution in [3.05, 3.63) is 41.8 Å². The number of hydrogen-bond donors (Lipinski definition) is 1. The number of benzene rings is 1. The number of amides is 1. The number of likely N-dealkylation sites (N-methyl/N-ethyl adjacent to an activating group) is 1. The molecule has 5 rings (SSSR count). The number of pyridine rings is 1.